The van der Waals surface area contributed by atoms with E-state index in [0.29, 0.717) is 5.92 Å². The van der Waals surface area contributed by atoms with Gasteiger partial charge in [-0.25, -0.2) is 0 Å². The third-order valence-corrected chi connectivity index (χ3v) is 3.84. The summed E-state index contributed by atoms with van der Waals surface area (Å²) in [5.41, 5.74) is 0.219. The molecule has 0 radical (unpaired) electrons. The van der Waals surface area contributed by atoms with Crippen LogP contribution in [0, 0.1) is 5.92 Å². The molecular formula is C11H20N2OS. The van der Waals surface area contributed by atoms with Crippen LogP contribution in [0.25, 0.3) is 0 Å². The Labute approximate surface area is 96.1 Å². The van der Waals surface area contributed by atoms with E-state index in [4.69, 9.17) is 4.74 Å². The van der Waals surface area contributed by atoms with Crippen LogP contribution in [0.15, 0.2) is 4.99 Å². The normalized spacial score (nSPS) is 32.9. The lowest BCUT2D eigenvalue weighted by atomic mass is 10.0. The first-order valence-corrected chi connectivity index (χ1v) is 6.67. The molecule has 2 aliphatic heterocycles. The molecule has 2 rings (SSSR count). The van der Waals surface area contributed by atoms with Crippen molar-refractivity contribution < 1.29 is 4.74 Å². The van der Waals surface area contributed by atoms with E-state index < -0.39 is 0 Å². The maximum atomic E-state index is 5.34. The zero-order chi connectivity index (χ0) is 10.7. The molecule has 0 aromatic rings. The van der Waals surface area contributed by atoms with Gasteiger partial charge in [-0.05, 0) is 26.7 Å². The first-order valence-electron chi connectivity index (χ1n) is 5.69. The maximum Gasteiger partial charge on any atom is 0.156 e. The predicted octanol–water partition coefficient (Wildman–Crippen LogP) is 1.88. The fourth-order valence-corrected chi connectivity index (χ4v) is 3.14. The van der Waals surface area contributed by atoms with E-state index in [1.807, 2.05) is 11.8 Å². The first kappa shape index (κ1) is 11.3. The van der Waals surface area contributed by atoms with E-state index in [1.165, 1.54) is 18.6 Å². The number of hydrogen-bond donors (Lipinski definition) is 1. The summed E-state index contributed by atoms with van der Waals surface area (Å²) in [6.07, 6.45) is 2.38. The standard InChI is InChI=1S/C11H20N2OS/c1-11(2)4-6-15-10(13-11)12-7-9-3-5-14-8-9/h9H,3-8H2,1-2H3,(H,12,13). The van der Waals surface area contributed by atoms with E-state index in [-0.39, 0.29) is 5.54 Å². The third-order valence-electron chi connectivity index (χ3n) is 2.93. The van der Waals surface area contributed by atoms with Gasteiger partial charge in [0.15, 0.2) is 5.17 Å². The molecule has 4 heteroatoms. The van der Waals surface area contributed by atoms with Crippen LogP contribution in [0.5, 0.6) is 0 Å². The summed E-state index contributed by atoms with van der Waals surface area (Å²) in [5, 5.41) is 4.61. The summed E-state index contributed by atoms with van der Waals surface area (Å²) in [7, 11) is 0. The second kappa shape index (κ2) is 4.74. The van der Waals surface area contributed by atoms with Gasteiger partial charge >= 0.3 is 0 Å². The van der Waals surface area contributed by atoms with Crippen LogP contribution in [0.1, 0.15) is 26.7 Å². The Morgan fingerprint density at radius 2 is 2.47 bits per heavy atom. The van der Waals surface area contributed by atoms with Crippen molar-refractivity contribution in [2.45, 2.75) is 32.2 Å². The second-order valence-electron chi connectivity index (χ2n) is 4.98. The zero-order valence-electron chi connectivity index (χ0n) is 9.58. The molecule has 2 heterocycles. The lowest BCUT2D eigenvalue weighted by Crippen LogP contribution is -2.46. The van der Waals surface area contributed by atoms with Crippen LogP contribution < -0.4 is 5.32 Å². The van der Waals surface area contributed by atoms with E-state index >= 15 is 0 Å². The molecule has 0 spiro atoms. The third kappa shape index (κ3) is 3.38. The van der Waals surface area contributed by atoms with Crippen molar-refractivity contribution in [3.8, 4) is 0 Å². The van der Waals surface area contributed by atoms with E-state index in [0.717, 1.165) is 24.9 Å². The number of amidine groups is 1. The number of nitrogens with zero attached hydrogens (tertiary/aromatic N) is 1. The summed E-state index contributed by atoms with van der Waals surface area (Å²) >= 11 is 1.85. The Morgan fingerprint density at radius 1 is 1.60 bits per heavy atom. The molecule has 3 nitrogen and oxygen atoms in total. The fraction of sp³-hybridized carbons (Fsp3) is 0.909. The summed E-state index contributed by atoms with van der Waals surface area (Å²) in [6, 6.07) is 0. The number of rotatable bonds is 2. The molecule has 0 aromatic carbocycles. The highest BCUT2D eigenvalue weighted by atomic mass is 32.2. The monoisotopic (exact) mass is 228 g/mol. The van der Waals surface area contributed by atoms with Crippen LogP contribution in [-0.2, 0) is 4.74 Å². The molecule has 15 heavy (non-hydrogen) atoms. The van der Waals surface area contributed by atoms with Gasteiger partial charge in [-0.1, -0.05) is 11.8 Å². The van der Waals surface area contributed by atoms with E-state index in [9.17, 15) is 0 Å². The van der Waals surface area contributed by atoms with Gasteiger partial charge in [0.05, 0.1) is 6.61 Å². The first-order chi connectivity index (χ1) is 7.16. The van der Waals surface area contributed by atoms with Gasteiger partial charge in [-0.3, -0.25) is 4.99 Å². The smallest absolute Gasteiger partial charge is 0.156 e. The molecule has 0 amide bonds. The molecule has 1 atom stereocenters. The van der Waals surface area contributed by atoms with Crippen molar-refractivity contribution >= 4 is 16.9 Å². The van der Waals surface area contributed by atoms with Gasteiger partial charge in [0.2, 0.25) is 0 Å². The number of hydrogen-bond acceptors (Lipinski definition) is 3. The van der Waals surface area contributed by atoms with Crippen LogP contribution in [0.2, 0.25) is 0 Å². The SMILES string of the molecule is CC1(C)CCSC(=NCC2CCOC2)N1. The predicted molar refractivity (Wildman–Crippen MR) is 65.5 cm³/mol. The van der Waals surface area contributed by atoms with Crippen LogP contribution in [-0.4, -0.2) is 36.2 Å². The van der Waals surface area contributed by atoms with Gasteiger partial charge in [0.1, 0.15) is 0 Å². The maximum absolute atomic E-state index is 5.34. The Kier molecular flexibility index (Phi) is 3.57. The van der Waals surface area contributed by atoms with Crippen LogP contribution in [0.3, 0.4) is 0 Å². The molecule has 0 aliphatic carbocycles. The van der Waals surface area contributed by atoms with Gasteiger partial charge in [-0.15, -0.1) is 0 Å². The molecule has 86 valence electrons. The Bertz CT molecular complexity index is 247. The van der Waals surface area contributed by atoms with Crippen molar-refractivity contribution in [2.75, 3.05) is 25.5 Å². The average Bonchev–Trinajstić information content (AvgIpc) is 2.65. The fourth-order valence-electron chi connectivity index (χ4n) is 1.82. The second-order valence-corrected chi connectivity index (χ2v) is 6.07. The molecule has 2 aliphatic rings. The van der Waals surface area contributed by atoms with Gasteiger partial charge in [0.25, 0.3) is 0 Å². The van der Waals surface area contributed by atoms with E-state index in [2.05, 4.69) is 24.2 Å². The number of thioether (sulfide) groups is 1. The van der Waals surface area contributed by atoms with Crippen LogP contribution >= 0.6 is 11.8 Å². The van der Waals surface area contributed by atoms with Gasteiger partial charge in [0, 0.05) is 30.4 Å². The molecule has 1 N–H and O–H groups in total. The van der Waals surface area contributed by atoms with Crippen molar-refractivity contribution in [3.05, 3.63) is 0 Å². The van der Waals surface area contributed by atoms with Gasteiger partial charge < -0.3 is 10.1 Å². The number of ether oxygens (including phenoxy) is 1. The average molecular weight is 228 g/mol. The van der Waals surface area contributed by atoms with Crippen molar-refractivity contribution in [2.24, 2.45) is 10.9 Å². The molecule has 0 aromatic heterocycles. The minimum atomic E-state index is 0.219. The molecule has 2 fully saturated rings. The quantitative estimate of drug-likeness (QED) is 0.783. The minimum absolute atomic E-state index is 0.219. The van der Waals surface area contributed by atoms with Crippen LogP contribution in [0.4, 0.5) is 0 Å². The Morgan fingerprint density at radius 3 is 3.13 bits per heavy atom. The molecule has 0 bridgehead atoms. The lowest BCUT2D eigenvalue weighted by molar-refractivity contribution is 0.187. The van der Waals surface area contributed by atoms with Crippen molar-refractivity contribution in [1.82, 2.24) is 5.32 Å². The Balaban J connectivity index is 1.83. The van der Waals surface area contributed by atoms with Gasteiger partial charge in [-0.2, -0.15) is 0 Å². The highest BCUT2D eigenvalue weighted by molar-refractivity contribution is 8.13. The van der Waals surface area contributed by atoms with Crippen molar-refractivity contribution in [1.29, 1.82) is 0 Å². The molecular weight excluding hydrogens is 208 g/mol. The highest BCUT2D eigenvalue weighted by Crippen LogP contribution is 2.22. The summed E-state index contributed by atoms with van der Waals surface area (Å²) in [6.45, 7) is 7.21. The zero-order valence-corrected chi connectivity index (χ0v) is 10.4. The highest BCUT2D eigenvalue weighted by Gasteiger charge is 2.24. The lowest BCUT2D eigenvalue weighted by Gasteiger charge is -2.32. The summed E-state index contributed by atoms with van der Waals surface area (Å²) in [4.78, 5) is 4.65. The van der Waals surface area contributed by atoms with Crippen molar-refractivity contribution in [3.63, 3.8) is 0 Å². The number of nitrogens with one attached hydrogen (secondary N) is 1. The number of aliphatic imine (C=N–C) groups is 1. The molecule has 1 unspecified atom stereocenters. The topological polar surface area (TPSA) is 33.6 Å². The minimum Gasteiger partial charge on any atom is -0.381 e. The summed E-state index contributed by atoms with van der Waals surface area (Å²) in [5.74, 6) is 1.82. The molecule has 0 saturated carbocycles. The Hall–Kier alpha value is -0.220. The van der Waals surface area contributed by atoms with E-state index in [1.54, 1.807) is 0 Å². The summed E-state index contributed by atoms with van der Waals surface area (Å²) < 4.78 is 5.34. The largest absolute Gasteiger partial charge is 0.381 e. The molecule has 2 saturated heterocycles.